The number of hydrazine groups is 1. The molecule has 8 nitrogen and oxygen atoms in total. The van der Waals surface area contributed by atoms with Crippen molar-refractivity contribution in [3.8, 4) is 33.6 Å². The summed E-state index contributed by atoms with van der Waals surface area (Å²) in [5.41, 5.74) is 12.3. The Bertz CT molecular complexity index is 1550. The Kier molecular flexibility index (Phi) is 7.87. The van der Waals surface area contributed by atoms with Gasteiger partial charge in [-0.3, -0.25) is 4.79 Å². The fourth-order valence-electron chi connectivity index (χ4n) is 6.57. The minimum Gasteiger partial charge on any atom is -0.452 e. The summed E-state index contributed by atoms with van der Waals surface area (Å²) in [6.45, 7) is 3.75. The number of carbonyl (C=O) groups is 2. The van der Waals surface area contributed by atoms with Crippen LogP contribution in [-0.2, 0) is 22.4 Å². The van der Waals surface area contributed by atoms with Crippen LogP contribution >= 0.6 is 0 Å². The zero-order chi connectivity index (χ0) is 29.2. The smallest absolute Gasteiger partial charge is 0.425 e. The van der Waals surface area contributed by atoms with Crippen molar-refractivity contribution in [2.45, 2.75) is 70.8 Å². The molecule has 4 aromatic rings. The lowest BCUT2D eigenvalue weighted by Gasteiger charge is -2.35. The standard InChI is InChI=1S/C34H39N5O3/c1-21(2)39(38-34(41)42-3)33(40)29-9-5-4-8-28(29)32-36-20-30(37-32)24-15-11-22(12-16-24)23-13-17-25(18-14-23)31-27-10-6-7-26(27)19-35-31/h11-21,28-29,35H,4-10H2,1-3H3,(H,36,37)(H,38,41). The van der Waals surface area contributed by atoms with Crippen LogP contribution in [-0.4, -0.2) is 45.1 Å². The van der Waals surface area contributed by atoms with Crippen LogP contribution < -0.4 is 5.43 Å². The van der Waals surface area contributed by atoms with E-state index in [4.69, 9.17) is 9.72 Å². The third kappa shape index (κ3) is 5.45. The molecular weight excluding hydrogens is 526 g/mol. The molecule has 1 saturated carbocycles. The van der Waals surface area contributed by atoms with Crippen molar-refractivity contribution in [1.29, 1.82) is 0 Å². The van der Waals surface area contributed by atoms with E-state index in [1.165, 1.54) is 52.9 Å². The van der Waals surface area contributed by atoms with Crippen LogP contribution in [0.1, 0.15) is 68.8 Å². The molecule has 0 saturated heterocycles. The number of nitrogens with one attached hydrogen (secondary N) is 3. The second kappa shape index (κ2) is 11.9. The van der Waals surface area contributed by atoms with Crippen LogP contribution in [0.2, 0.25) is 0 Å². The Morgan fingerprint density at radius 2 is 1.60 bits per heavy atom. The van der Waals surface area contributed by atoms with Gasteiger partial charge in [0.25, 0.3) is 0 Å². The number of rotatable bonds is 6. The molecule has 0 bridgehead atoms. The highest BCUT2D eigenvalue weighted by atomic mass is 16.5. The van der Waals surface area contributed by atoms with E-state index in [-0.39, 0.29) is 23.8 Å². The number of aromatic nitrogens is 3. The molecule has 0 aliphatic heterocycles. The Labute approximate surface area is 246 Å². The van der Waals surface area contributed by atoms with Crippen molar-refractivity contribution in [2.75, 3.05) is 7.11 Å². The first-order valence-corrected chi connectivity index (χ1v) is 15.1. The molecule has 2 aromatic carbocycles. The van der Waals surface area contributed by atoms with E-state index in [1.807, 2.05) is 20.0 Å². The highest BCUT2D eigenvalue weighted by Gasteiger charge is 2.37. The number of nitrogens with zero attached hydrogens (tertiary/aromatic N) is 2. The number of imidazole rings is 1. The van der Waals surface area contributed by atoms with Crippen molar-refractivity contribution in [3.63, 3.8) is 0 Å². The van der Waals surface area contributed by atoms with Crippen LogP contribution in [0.4, 0.5) is 4.79 Å². The van der Waals surface area contributed by atoms with Gasteiger partial charge in [-0.25, -0.2) is 20.2 Å². The summed E-state index contributed by atoms with van der Waals surface area (Å²) >= 11 is 0. The molecule has 0 spiro atoms. The van der Waals surface area contributed by atoms with Gasteiger partial charge in [0, 0.05) is 29.8 Å². The first-order valence-electron chi connectivity index (χ1n) is 15.1. The van der Waals surface area contributed by atoms with Crippen LogP contribution in [0.5, 0.6) is 0 Å². The average molecular weight is 566 g/mol. The normalized spacial score (nSPS) is 18.1. The van der Waals surface area contributed by atoms with Crippen molar-refractivity contribution >= 4 is 12.0 Å². The van der Waals surface area contributed by atoms with Crippen LogP contribution in [0.15, 0.2) is 60.9 Å². The zero-order valence-electron chi connectivity index (χ0n) is 24.6. The lowest BCUT2D eigenvalue weighted by Crippen LogP contribution is -2.53. The maximum absolute atomic E-state index is 13.6. The molecule has 2 atom stereocenters. The van der Waals surface area contributed by atoms with Gasteiger partial charge in [0.1, 0.15) is 5.82 Å². The fourth-order valence-corrected chi connectivity index (χ4v) is 6.57. The van der Waals surface area contributed by atoms with Crippen molar-refractivity contribution in [3.05, 3.63) is 77.9 Å². The molecule has 6 rings (SSSR count). The van der Waals surface area contributed by atoms with E-state index in [1.54, 1.807) is 0 Å². The molecule has 2 heterocycles. The minimum absolute atomic E-state index is 0.0422. The Morgan fingerprint density at radius 3 is 2.29 bits per heavy atom. The molecule has 1 fully saturated rings. The summed E-state index contributed by atoms with van der Waals surface area (Å²) in [6.07, 6.45) is 10.6. The largest absolute Gasteiger partial charge is 0.452 e. The molecule has 2 aliphatic rings. The van der Waals surface area contributed by atoms with E-state index in [2.05, 4.69) is 70.1 Å². The van der Waals surface area contributed by atoms with Crippen molar-refractivity contribution in [2.24, 2.45) is 5.92 Å². The van der Waals surface area contributed by atoms with Crippen LogP contribution in [0, 0.1) is 5.92 Å². The van der Waals surface area contributed by atoms with E-state index < -0.39 is 6.09 Å². The number of aromatic amines is 2. The van der Waals surface area contributed by atoms with Crippen molar-refractivity contribution < 1.29 is 14.3 Å². The number of hydrogen-bond acceptors (Lipinski definition) is 4. The van der Waals surface area contributed by atoms with Gasteiger partial charge < -0.3 is 14.7 Å². The number of fused-ring (bicyclic) bond motifs is 1. The van der Waals surface area contributed by atoms with Gasteiger partial charge in [0.2, 0.25) is 5.91 Å². The number of aryl methyl sites for hydroxylation is 1. The Balaban J connectivity index is 1.17. The Hall–Kier alpha value is -4.33. The summed E-state index contributed by atoms with van der Waals surface area (Å²) in [7, 11) is 1.30. The van der Waals surface area contributed by atoms with Gasteiger partial charge in [-0.05, 0) is 79.3 Å². The molecule has 2 unspecified atom stereocenters. The highest BCUT2D eigenvalue weighted by Crippen LogP contribution is 2.39. The quantitative estimate of drug-likeness (QED) is 0.219. The fraction of sp³-hybridized carbons (Fsp3) is 0.382. The molecule has 8 heteroatoms. The van der Waals surface area contributed by atoms with Crippen LogP contribution in [0.25, 0.3) is 33.6 Å². The Morgan fingerprint density at radius 1 is 0.929 bits per heavy atom. The van der Waals surface area contributed by atoms with E-state index in [0.717, 1.165) is 54.7 Å². The maximum atomic E-state index is 13.6. The van der Waals surface area contributed by atoms with Gasteiger partial charge in [-0.2, -0.15) is 0 Å². The molecule has 2 aromatic heterocycles. The first kappa shape index (κ1) is 27.8. The van der Waals surface area contributed by atoms with Gasteiger partial charge in [0.05, 0.1) is 19.0 Å². The van der Waals surface area contributed by atoms with Gasteiger partial charge in [-0.15, -0.1) is 0 Å². The number of methoxy groups -OCH3 is 1. The molecular formula is C34H39N5O3. The first-order chi connectivity index (χ1) is 20.4. The number of amides is 2. The SMILES string of the molecule is COC(=O)NN(C(=O)C1CCCCC1c1ncc(-c2ccc(-c3ccc(-c4[nH]cc5c4CCC5)cc3)cc2)[nH]1)C(C)C. The third-order valence-corrected chi connectivity index (χ3v) is 8.84. The number of ether oxygens (including phenoxy) is 1. The topological polar surface area (TPSA) is 103 Å². The van der Waals surface area contributed by atoms with Gasteiger partial charge in [0.15, 0.2) is 0 Å². The number of hydrogen-bond donors (Lipinski definition) is 3. The average Bonchev–Trinajstić information content (AvgIpc) is 3.78. The summed E-state index contributed by atoms with van der Waals surface area (Å²) in [5.74, 6) is 0.406. The summed E-state index contributed by atoms with van der Waals surface area (Å²) in [5, 5.41) is 1.40. The maximum Gasteiger partial charge on any atom is 0.425 e. The van der Waals surface area contributed by atoms with Gasteiger partial charge in [-0.1, -0.05) is 61.4 Å². The molecule has 2 amide bonds. The van der Waals surface area contributed by atoms with Crippen molar-refractivity contribution in [1.82, 2.24) is 25.4 Å². The predicted molar refractivity (Wildman–Crippen MR) is 163 cm³/mol. The van der Waals surface area contributed by atoms with Gasteiger partial charge >= 0.3 is 6.09 Å². The zero-order valence-corrected chi connectivity index (χ0v) is 24.6. The highest BCUT2D eigenvalue weighted by molar-refractivity contribution is 5.82. The summed E-state index contributed by atoms with van der Waals surface area (Å²) in [4.78, 5) is 37.2. The van der Waals surface area contributed by atoms with Crippen LogP contribution in [0.3, 0.4) is 0 Å². The van der Waals surface area contributed by atoms with E-state index in [9.17, 15) is 9.59 Å². The van der Waals surface area contributed by atoms with E-state index in [0.29, 0.717) is 0 Å². The minimum atomic E-state index is -0.646. The predicted octanol–water partition coefficient (Wildman–Crippen LogP) is 7.01. The second-order valence-electron chi connectivity index (χ2n) is 11.8. The lowest BCUT2D eigenvalue weighted by molar-refractivity contribution is -0.142. The lowest BCUT2D eigenvalue weighted by atomic mass is 9.78. The molecule has 3 N–H and O–H groups in total. The number of benzene rings is 2. The number of carbonyl (C=O) groups excluding carboxylic acids is 2. The summed E-state index contributed by atoms with van der Waals surface area (Å²) in [6, 6.07) is 17.1. The van der Waals surface area contributed by atoms with E-state index >= 15 is 0 Å². The number of H-pyrrole nitrogens is 2. The summed E-state index contributed by atoms with van der Waals surface area (Å²) < 4.78 is 4.74. The molecule has 42 heavy (non-hydrogen) atoms. The molecule has 218 valence electrons. The molecule has 2 aliphatic carbocycles. The third-order valence-electron chi connectivity index (χ3n) is 8.84. The second-order valence-corrected chi connectivity index (χ2v) is 11.8. The molecule has 0 radical (unpaired) electrons. The monoisotopic (exact) mass is 565 g/mol.